The van der Waals surface area contributed by atoms with Gasteiger partial charge < -0.3 is 20.5 Å². The van der Waals surface area contributed by atoms with Gasteiger partial charge in [0.2, 0.25) is 5.91 Å². The van der Waals surface area contributed by atoms with Gasteiger partial charge in [-0.15, -0.1) is 0 Å². The van der Waals surface area contributed by atoms with Crippen LogP contribution in [0.15, 0.2) is 104 Å². The van der Waals surface area contributed by atoms with E-state index in [-0.39, 0.29) is 18.2 Å². The van der Waals surface area contributed by atoms with Crippen LogP contribution in [0.5, 0.6) is 0 Å². The average Bonchev–Trinajstić information content (AvgIpc) is 3.41. The van der Waals surface area contributed by atoms with Crippen LogP contribution in [-0.2, 0) is 16.1 Å². The molecule has 0 aliphatic rings. The van der Waals surface area contributed by atoms with Crippen LogP contribution in [-0.4, -0.2) is 27.3 Å². The highest BCUT2D eigenvalue weighted by molar-refractivity contribution is 6.02. The molecule has 0 aliphatic carbocycles. The van der Waals surface area contributed by atoms with E-state index < -0.39 is 11.9 Å². The largest absolute Gasteiger partial charge is 0.337 e. The van der Waals surface area contributed by atoms with Gasteiger partial charge in [-0.05, 0) is 35.9 Å². The molecule has 0 spiro atoms. The van der Waals surface area contributed by atoms with E-state index in [9.17, 15) is 14.4 Å². The van der Waals surface area contributed by atoms with E-state index in [0.717, 1.165) is 0 Å². The van der Waals surface area contributed by atoms with Crippen LogP contribution in [0.3, 0.4) is 0 Å². The second-order valence-corrected chi connectivity index (χ2v) is 7.85. The van der Waals surface area contributed by atoms with Gasteiger partial charge in [0, 0.05) is 42.3 Å². The molecule has 0 radical (unpaired) electrons. The number of aryl methyl sites for hydroxylation is 1. The number of carbonyl (C=O) groups is 3. The normalized spacial score (nSPS) is 11.3. The molecule has 8 nitrogen and oxygen atoms in total. The fourth-order valence-electron chi connectivity index (χ4n) is 3.51. The molecule has 176 valence electrons. The zero-order chi connectivity index (χ0) is 24.5. The molecule has 4 aromatic rings. The lowest BCUT2D eigenvalue weighted by atomic mass is 10.0. The molecule has 4 rings (SSSR count). The highest BCUT2D eigenvalue weighted by atomic mass is 16.2. The maximum absolute atomic E-state index is 13.1. The van der Waals surface area contributed by atoms with Crippen LogP contribution in [0.4, 0.5) is 11.4 Å². The van der Waals surface area contributed by atoms with Gasteiger partial charge in [0.1, 0.15) is 6.04 Å². The summed E-state index contributed by atoms with van der Waals surface area (Å²) in [6.45, 7) is 0.501. The summed E-state index contributed by atoms with van der Waals surface area (Å²) in [7, 11) is 0. The number of benzene rings is 3. The predicted molar refractivity (Wildman–Crippen MR) is 134 cm³/mol. The Morgan fingerprint density at radius 2 is 1.54 bits per heavy atom. The van der Waals surface area contributed by atoms with Gasteiger partial charge >= 0.3 is 0 Å². The predicted octanol–water partition coefficient (Wildman–Crippen LogP) is 4.02. The van der Waals surface area contributed by atoms with Crippen molar-refractivity contribution < 1.29 is 14.4 Å². The van der Waals surface area contributed by atoms with E-state index in [1.165, 1.54) is 0 Å². The summed E-state index contributed by atoms with van der Waals surface area (Å²) in [5, 5.41) is 8.47. The Morgan fingerprint density at radius 1 is 0.829 bits per heavy atom. The Hall–Kier alpha value is -4.72. The Morgan fingerprint density at radius 3 is 2.26 bits per heavy atom. The molecule has 0 saturated heterocycles. The maximum Gasteiger partial charge on any atom is 0.252 e. The van der Waals surface area contributed by atoms with Gasteiger partial charge in [0.15, 0.2) is 0 Å². The first-order valence-electron chi connectivity index (χ1n) is 11.2. The number of nitrogens with zero attached hydrogens (tertiary/aromatic N) is 2. The monoisotopic (exact) mass is 467 g/mol. The van der Waals surface area contributed by atoms with Crippen molar-refractivity contribution in [2.24, 2.45) is 0 Å². The molecular formula is C27H25N5O3. The summed E-state index contributed by atoms with van der Waals surface area (Å²) in [6.07, 6.45) is 5.36. The molecule has 8 heteroatoms. The van der Waals surface area contributed by atoms with Crippen LogP contribution in [0.2, 0.25) is 0 Å². The number of aromatic nitrogens is 2. The van der Waals surface area contributed by atoms with E-state index in [0.29, 0.717) is 29.0 Å². The number of nitrogens with one attached hydrogen (secondary N) is 3. The van der Waals surface area contributed by atoms with Crippen LogP contribution in [0.25, 0.3) is 0 Å². The summed E-state index contributed by atoms with van der Waals surface area (Å²) < 4.78 is 1.81. The molecule has 0 aliphatic heterocycles. The van der Waals surface area contributed by atoms with Crippen molar-refractivity contribution in [1.82, 2.24) is 14.9 Å². The Labute approximate surface area is 203 Å². The molecule has 0 bridgehead atoms. The van der Waals surface area contributed by atoms with Crippen LogP contribution in [0, 0.1) is 0 Å². The zero-order valence-electron chi connectivity index (χ0n) is 18.9. The number of imidazole rings is 1. The Balaban J connectivity index is 1.44. The fraction of sp³-hybridized carbons (Fsp3) is 0.111. The van der Waals surface area contributed by atoms with E-state index >= 15 is 0 Å². The van der Waals surface area contributed by atoms with Crippen molar-refractivity contribution >= 4 is 29.1 Å². The highest BCUT2D eigenvalue weighted by Gasteiger charge is 2.23. The number of rotatable bonds is 9. The van der Waals surface area contributed by atoms with Gasteiger partial charge in [0.25, 0.3) is 11.8 Å². The van der Waals surface area contributed by atoms with Crippen molar-refractivity contribution in [2.75, 3.05) is 10.6 Å². The van der Waals surface area contributed by atoms with Crippen LogP contribution in [0.1, 0.15) is 28.4 Å². The van der Waals surface area contributed by atoms with Gasteiger partial charge in [-0.1, -0.05) is 54.6 Å². The maximum atomic E-state index is 13.1. The molecule has 0 saturated carbocycles. The van der Waals surface area contributed by atoms with Gasteiger partial charge in [-0.2, -0.15) is 0 Å². The first kappa shape index (κ1) is 23.4. The summed E-state index contributed by atoms with van der Waals surface area (Å²) in [5.41, 5.74) is 2.11. The SMILES string of the molecule is O=C(CCn1ccnc1)Nc1cccc(C(=O)NC(C(=O)Nc2ccccc2)c2ccccc2)c1. The molecule has 3 aromatic carbocycles. The van der Waals surface area contributed by atoms with Crippen LogP contribution < -0.4 is 16.0 Å². The quantitative estimate of drug-likeness (QED) is 0.346. The van der Waals surface area contributed by atoms with Gasteiger partial charge in [-0.25, -0.2) is 4.98 Å². The lowest BCUT2D eigenvalue weighted by Crippen LogP contribution is -2.37. The molecule has 1 atom stereocenters. The summed E-state index contributed by atoms with van der Waals surface area (Å²) in [4.78, 5) is 42.4. The van der Waals surface area contributed by atoms with E-state index in [2.05, 4.69) is 20.9 Å². The van der Waals surface area contributed by atoms with Crippen molar-refractivity contribution in [2.45, 2.75) is 19.0 Å². The van der Waals surface area contributed by atoms with E-state index in [4.69, 9.17) is 0 Å². The number of amides is 3. The molecule has 1 unspecified atom stereocenters. The van der Waals surface area contributed by atoms with Crippen molar-refractivity contribution in [1.29, 1.82) is 0 Å². The second-order valence-electron chi connectivity index (χ2n) is 7.85. The van der Waals surface area contributed by atoms with Crippen molar-refractivity contribution in [3.63, 3.8) is 0 Å². The average molecular weight is 468 g/mol. The smallest absolute Gasteiger partial charge is 0.252 e. The number of hydrogen-bond donors (Lipinski definition) is 3. The summed E-state index contributed by atoms with van der Waals surface area (Å²) in [6, 6.07) is 23.8. The lowest BCUT2D eigenvalue weighted by Gasteiger charge is -2.19. The second kappa shape index (κ2) is 11.4. The molecule has 0 fully saturated rings. The summed E-state index contributed by atoms with van der Waals surface area (Å²) in [5.74, 6) is -0.975. The highest BCUT2D eigenvalue weighted by Crippen LogP contribution is 2.18. The molecule has 3 N–H and O–H groups in total. The van der Waals surface area contributed by atoms with E-state index in [1.807, 2.05) is 41.0 Å². The molecule has 1 aromatic heterocycles. The fourth-order valence-corrected chi connectivity index (χ4v) is 3.51. The number of anilines is 2. The lowest BCUT2D eigenvalue weighted by molar-refractivity contribution is -0.118. The zero-order valence-corrected chi connectivity index (χ0v) is 18.9. The third-order valence-electron chi connectivity index (χ3n) is 5.28. The number of para-hydroxylation sites is 1. The number of carbonyl (C=O) groups excluding carboxylic acids is 3. The first-order chi connectivity index (χ1) is 17.1. The molecular weight excluding hydrogens is 442 g/mol. The van der Waals surface area contributed by atoms with Gasteiger partial charge in [-0.3, -0.25) is 14.4 Å². The van der Waals surface area contributed by atoms with Crippen molar-refractivity contribution in [3.8, 4) is 0 Å². The molecule has 1 heterocycles. The summed E-state index contributed by atoms with van der Waals surface area (Å²) >= 11 is 0. The third kappa shape index (κ3) is 6.64. The minimum atomic E-state index is -0.905. The topological polar surface area (TPSA) is 105 Å². The minimum Gasteiger partial charge on any atom is -0.337 e. The molecule has 3 amide bonds. The molecule has 35 heavy (non-hydrogen) atoms. The Kier molecular flexibility index (Phi) is 7.65. The minimum absolute atomic E-state index is 0.180. The van der Waals surface area contributed by atoms with E-state index in [1.54, 1.807) is 67.3 Å². The number of hydrogen-bond acceptors (Lipinski definition) is 4. The standard InChI is InChI=1S/C27H25N5O3/c33-24(14-16-32-17-15-28-19-32)29-23-13-7-10-21(18-23)26(34)31-25(20-8-3-1-4-9-20)27(35)30-22-11-5-2-6-12-22/h1-13,15,17-19,25H,14,16H2,(H,29,33)(H,30,35)(H,31,34). The van der Waals surface area contributed by atoms with Gasteiger partial charge in [0.05, 0.1) is 6.33 Å². The van der Waals surface area contributed by atoms with Crippen molar-refractivity contribution in [3.05, 3.63) is 115 Å². The first-order valence-corrected chi connectivity index (χ1v) is 11.2. The van der Waals surface area contributed by atoms with Crippen LogP contribution >= 0.6 is 0 Å². The Bertz CT molecular complexity index is 1270. The third-order valence-corrected chi connectivity index (χ3v) is 5.28.